The molecular weight excluding hydrogens is 261 g/mol. The van der Waals surface area contributed by atoms with Gasteiger partial charge in [-0.1, -0.05) is 0 Å². The van der Waals surface area contributed by atoms with Gasteiger partial charge in [0.25, 0.3) is 0 Å². The van der Waals surface area contributed by atoms with E-state index in [0.29, 0.717) is 12.4 Å². The highest BCUT2D eigenvalue weighted by atomic mass is 79.9. The molecule has 0 atom stereocenters. The van der Waals surface area contributed by atoms with Gasteiger partial charge in [-0.05, 0) is 46.3 Å². The molecule has 0 aliphatic heterocycles. The zero-order valence-corrected chi connectivity index (χ0v) is 9.42. The van der Waals surface area contributed by atoms with Crippen LogP contribution in [0.25, 0.3) is 0 Å². The van der Waals surface area contributed by atoms with Gasteiger partial charge in [0.1, 0.15) is 18.2 Å². The van der Waals surface area contributed by atoms with E-state index < -0.39 is 0 Å². The average molecular weight is 270 g/mol. The maximum absolute atomic E-state index is 12.6. The molecule has 1 heterocycles. The fraction of sp³-hybridized carbons (Fsp3) is 0.0909. The quantitative estimate of drug-likeness (QED) is 0.907. The number of ether oxygens (including phenoxy) is 1. The zero-order chi connectivity index (χ0) is 10.7. The van der Waals surface area contributed by atoms with E-state index in [0.717, 1.165) is 10.2 Å². The predicted octanol–water partition coefficient (Wildman–Crippen LogP) is 3.50. The molecule has 0 radical (unpaired) electrons. The minimum atomic E-state index is -0.258. The first-order valence-electron chi connectivity index (χ1n) is 4.45. The summed E-state index contributed by atoms with van der Waals surface area (Å²) in [6.07, 6.45) is 1.85. The third-order valence-corrected chi connectivity index (χ3v) is 2.38. The standard InChI is InChI=1S/C11H9BrFNO/c12-11-5-8(6-14-11)7-15-10-3-1-9(13)2-4-10/h1-6,14H,7H2. The van der Waals surface area contributed by atoms with Crippen LogP contribution in [0.3, 0.4) is 0 Å². The molecule has 0 aliphatic carbocycles. The van der Waals surface area contributed by atoms with Gasteiger partial charge in [0.2, 0.25) is 0 Å². The highest BCUT2D eigenvalue weighted by Crippen LogP contribution is 2.15. The molecular formula is C11H9BrFNO. The lowest BCUT2D eigenvalue weighted by Crippen LogP contribution is -1.93. The van der Waals surface area contributed by atoms with Crippen LogP contribution in [-0.4, -0.2) is 4.98 Å². The molecule has 1 aromatic carbocycles. The van der Waals surface area contributed by atoms with Crippen molar-refractivity contribution >= 4 is 15.9 Å². The molecule has 2 nitrogen and oxygen atoms in total. The van der Waals surface area contributed by atoms with E-state index in [-0.39, 0.29) is 5.82 Å². The number of hydrogen-bond donors (Lipinski definition) is 1. The number of rotatable bonds is 3. The van der Waals surface area contributed by atoms with Gasteiger partial charge in [0, 0.05) is 11.8 Å². The summed E-state index contributed by atoms with van der Waals surface area (Å²) >= 11 is 3.31. The summed E-state index contributed by atoms with van der Waals surface area (Å²) in [6, 6.07) is 7.91. The number of H-pyrrole nitrogens is 1. The molecule has 78 valence electrons. The maximum Gasteiger partial charge on any atom is 0.123 e. The second kappa shape index (κ2) is 4.49. The summed E-state index contributed by atoms with van der Waals surface area (Å²) in [5.74, 6) is 0.403. The summed E-state index contributed by atoms with van der Waals surface area (Å²) in [5.41, 5.74) is 1.03. The van der Waals surface area contributed by atoms with Crippen LogP contribution in [0.2, 0.25) is 0 Å². The summed E-state index contributed by atoms with van der Waals surface area (Å²) in [5, 5.41) is 0. The summed E-state index contributed by atoms with van der Waals surface area (Å²) < 4.78 is 19.0. The molecule has 0 saturated carbocycles. The van der Waals surface area contributed by atoms with Crippen molar-refractivity contribution < 1.29 is 9.13 Å². The molecule has 1 N–H and O–H groups in total. The first kappa shape index (κ1) is 10.2. The van der Waals surface area contributed by atoms with Crippen LogP contribution in [-0.2, 0) is 6.61 Å². The number of hydrogen-bond acceptors (Lipinski definition) is 1. The van der Waals surface area contributed by atoms with Crippen molar-refractivity contribution in [1.29, 1.82) is 0 Å². The van der Waals surface area contributed by atoms with Gasteiger partial charge in [0.15, 0.2) is 0 Å². The maximum atomic E-state index is 12.6. The summed E-state index contributed by atoms with van der Waals surface area (Å²) in [7, 11) is 0. The molecule has 0 fully saturated rings. The zero-order valence-electron chi connectivity index (χ0n) is 7.84. The number of nitrogens with one attached hydrogen (secondary N) is 1. The summed E-state index contributed by atoms with van der Waals surface area (Å²) in [4.78, 5) is 2.99. The monoisotopic (exact) mass is 269 g/mol. The second-order valence-corrected chi connectivity index (χ2v) is 3.95. The number of halogens is 2. The van der Waals surface area contributed by atoms with Crippen molar-refractivity contribution in [3.8, 4) is 5.75 Å². The summed E-state index contributed by atoms with van der Waals surface area (Å²) in [6.45, 7) is 0.466. The molecule has 4 heteroatoms. The number of aromatic nitrogens is 1. The van der Waals surface area contributed by atoms with Crippen LogP contribution < -0.4 is 4.74 Å². The predicted molar refractivity (Wildman–Crippen MR) is 59.2 cm³/mol. The Morgan fingerprint density at radius 2 is 2.00 bits per heavy atom. The highest BCUT2D eigenvalue weighted by molar-refractivity contribution is 9.10. The average Bonchev–Trinajstić information content (AvgIpc) is 2.64. The van der Waals surface area contributed by atoms with E-state index in [1.807, 2.05) is 12.3 Å². The Morgan fingerprint density at radius 1 is 1.27 bits per heavy atom. The molecule has 2 aromatic rings. The number of aromatic amines is 1. The Bertz CT molecular complexity index is 438. The van der Waals surface area contributed by atoms with Gasteiger partial charge >= 0.3 is 0 Å². The molecule has 1 aromatic heterocycles. The van der Waals surface area contributed by atoms with Crippen molar-refractivity contribution in [3.05, 3.63) is 52.5 Å². The van der Waals surface area contributed by atoms with Crippen molar-refractivity contribution in [1.82, 2.24) is 4.98 Å². The Hall–Kier alpha value is -1.29. The topological polar surface area (TPSA) is 25.0 Å². The lowest BCUT2D eigenvalue weighted by molar-refractivity contribution is 0.306. The Kier molecular flexibility index (Phi) is 3.06. The third-order valence-electron chi connectivity index (χ3n) is 1.93. The van der Waals surface area contributed by atoms with E-state index in [9.17, 15) is 4.39 Å². The first-order chi connectivity index (χ1) is 7.24. The van der Waals surface area contributed by atoms with E-state index in [2.05, 4.69) is 20.9 Å². The van der Waals surface area contributed by atoms with Gasteiger partial charge in [0.05, 0.1) is 4.60 Å². The normalized spacial score (nSPS) is 10.3. The molecule has 2 rings (SSSR count). The largest absolute Gasteiger partial charge is 0.489 e. The lowest BCUT2D eigenvalue weighted by atomic mass is 10.3. The molecule has 0 bridgehead atoms. The van der Waals surface area contributed by atoms with Crippen LogP contribution in [0.15, 0.2) is 41.1 Å². The number of benzene rings is 1. The van der Waals surface area contributed by atoms with Crippen LogP contribution in [0.1, 0.15) is 5.56 Å². The van der Waals surface area contributed by atoms with Gasteiger partial charge in [-0.25, -0.2) is 4.39 Å². The molecule has 15 heavy (non-hydrogen) atoms. The highest BCUT2D eigenvalue weighted by Gasteiger charge is 1.98. The molecule has 0 amide bonds. The van der Waals surface area contributed by atoms with E-state index in [1.165, 1.54) is 12.1 Å². The van der Waals surface area contributed by atoms with Gasteiger partial charge < -0.3 is 9.72 Å². The van der Waals surface area contributed by atoms with E-state index in [4.69, 9.17) is 4.74 Å². The second-order valence-electron chi connectivity index (χ2n) is 3.10. The molecule has 0 unspecified atom stereocenters. The van der Waals surface area contributed by atoms with E-state index in [1.54, 1.807) is 12.1 Å². The van der Waals surface area contributed by atoms with Crippen LogP contribution in [0.5, 0.6) is 5.75 Å². The lowest BCUT2D eigenvalue weighted by Gasteiger charge is -2.03. The van der Waals surface area contributed by atoms with Crippen molar-refractivity contribution in [3.63, 3.8) is 0 Å². The van der Waals surface area contributed by atoms with Crippen LogP contribution in [0, 0.1) is 5.82 Å². The SMILES string of the molecule is Fc1ccc(OCc2c[nH]c(Br)c2)cc1. The van der Waals surface area contributed by atoms with Crippen molar-refractivity contribution in [2.45, 2.75) is 6.61 Å². The van der Waals surface area contributed by atoms with Crippen LogP contribution in [0.4, 0.5) is 4.39 Å². The molecule has 0 aliphatic rings. The Morgan fingerprint density at radius 3 is 2.60 bits per heavy atom. The van der Waals surface area contributed by atoms with Crippen LogP contribution >= 0.6 is 15.9 Å². The molecule has 0 spiro atoms. The van der Waals surface area contributed by atoms with Crippen molar-refractivity contribution in [2.75, 3.05) is 0 Å². The van der Waals surface area contributed by atoms with E-state index >= 15 is 0 Å². The third kappa shape index (κ3) is 2.83. The minimum Gasteiger partial charge on any atom is -0.489 e. The van der Waals surface area contributed by atoms with Gasteiger partial charge in [-0.3, -0.25) is 0 Å². The van der Waals surface area contributed by atoms with Gasteiger partial charge in [-0.2, -0.15) is 0 Å². The first-order valence-corrected chi connectivity index (χ1v) is 5.24. The Labute approximate surface area is 95.2 Å². The fourth-order valence-electron chi connectivity index (χ4n) is 1.19. The smallest absolute Gasteiger partial charge is 0.123 e. The molecule has 0 saturated heterocycles. The fourth-order valence-corrected chi connectivity index (χ4v) is 1.60. The van der Waals surface area contributed by atoms with Gasteiger partial charge in [-0.15, -0.1) is 0 Å². The minimum absolute atomic E-state index is 0.258. The Balaban J connectivity index is 1.96. The van der Waals surface area contributed by atoms with Crippen molar-refractivity contribution in [2.24, 2.45) is 0 Å².